The predicted octanol–water partition coefficient (Wildman–Crippen LogP) is 4.90. The number of hydrogen-bond donors (Lipinski definition) is 2. The zero-order valence-corrected chi connectivity index (χ0v) is 19.7. The van der Waals surface area contributed by atoms with Crippen molar-refractivity contribution >= 4 is 17.2 Å². The van der Waals surface area contributed by atoms with Crippen LogP contribution in [0, 0.1) is 0 Å². The van der Waals surface area contributed by atoms with Gasteiger partial charge in [0, 0.05) is 28.6 Å². The van der Waals surface area contributed by atoms with Gasteiger partial charge in [0.15, 0.2) is 5.76 Å². The molecule has 1 aliphatic rings. The van der Waals surface area contributed by atoms with E-state index in [1.54, 1.807) is 23.5 Å². The number of nitrogens with one attached hydrogen (secondary N) is 1. The minimum absolute atomic E-state index is 0.194. The lowest BCUT2D eigenvalue weighted by atomic mass is 9.81. The summed E-state index contributed by atoms with van der Waals surface area (Å²) in [5.41, 5.74) is 1.30. The minimum atomic E-state index is -1.06. The molecular formula is C27H27N3O3S. The number of rotatable bonds is 6. The molecule has 1 amide bonds. The van der Waals surface area contributed by atoms with Crippen LogP contribution in [-0.4, -0.2) is 39.3 Å². The number of hydrogen-bond acceptors (Lipinski definition) is 6. The minimum Gasteiger partial charge on any atom is -0.388 e. The van der Waals surface area contributed by atoms with E-state index in [4.69, 9.17) is 4.52 Å². The number of piperidine rings is 1. The molecule has 7 heteroatoms. The van der Waals surface area contributed by atoms with Crippen LogP contribution in [0.15, 0.2) is 88.8 Å². The van der Waals surface area contributed by atoms with Crippen molar-refractivity contribution in [1.29, 1.82) is 0 Å². The third-order valence-corrected chi connectivity index (χ3v) is 7.37. The van der Waals surface area contributed by atoms with Gasteiger partial charge >= 0.3 is 0 Å². The van der Waals surface area contributed by atoms with E-state index in [1.807, 2.05) is 73.0 Å². The lowest BCUT2D eigenvalue weighted by Gasteiger charge is -2.48. The van der Waals surface area contributed by atoms with Crippen LogP contribution >= 0.6 is 11.3 Å². The molecule has 3 atom stereocenters. The molecule has 174 valence electrons. The van der Waals surface area contributed by atoms with Crippen LogP contribution in [0.1, 0.15) is 40.4 Å². The van der Waals surface area contributed by atoms with Crippen molar-refractivity contribution in [2.75, 3.05) is 6.54 Å². The van der Waals surface area contributed by atoms with E-state index in [0.29, 0.717) is 25.1 Å². The van der Waals surface area contributed by atoms with Crippen LogP contribution in [0.4, 0.5) is 0 Å². The molecule has 1 aliphatic heterocycles. The highest BCUT2D eigenvalue weighted by Crippen LogP contribution is 2.40. The van der Waals surface area contributed by atoms with Gasteiger partial charge in [0.05, 0.1) is 24.2 Å². The Labute approximate surface area is 202 Å². The van der Waals surface area contributed by atoms with Crippen molar-refractivity contribution in [2.45, 2.75) is 37.6 Å². The van der Waals surface area contributed by atoms with Crippen molar-refractivity contribution in [2.24, 2.45) is 0 Å². The van der Waals surface area contributed by atoms with Crippen molar-refractivity contribution in [3.8, 4) is 11.3 Å². The molecule has 0 aliphatic carbocycles. The SMILES string of the molecule is C[C@@]1(O)CCN(Cc2cc(-c3ccccc3)no2)[C@@H](c2cccs2)[C@@H]1NC(=O)c1ccccc1. The average Bonchev–Trinajstić information content (AvgIpc) is 3.55. The lowest BCUT2D eigenvalue weighted by Crippen LogP contribution is -2.62. The summed E-state index contributed by atoms with van der Waals surface area (Å²) in [5, 5.41) is 20.8. The fourth-order valence-corrected chi connectivity index (χ4v) is 5.47. The van der Waals surface area contributed by atoms with Crippen LogP contribution in [-0.2, 0) is 6.54 Å². The van der Waals surface area contributed by atoms with E-state index in [-0.39, 0.29) is 11.9 Å². The maximum absolute atomic E-state index is 13.1. The van der Waals surface area contributed by atoms with Crippen molar-refractivity contribution in [3.05, 3.63) is 100 Å². The Bertz CT molecular complexity index is 1220. The quantitative estimate of drug-likeness (QED) is 0.416. The highest BCUT2D eigenvalue weighted by molar-refractivity contribution is 7.10. The van der Waals surface area contributed by atoms with Gasteiger partial charge in [0.25, 0.3) is 5.91 Å². The van der Waals surface area contributed by atoms with Gasteiger partial charge in [-0.05, 0) is 36.9 Å². The fraction of sp³-hybridized carbons (Fsp3) is 0.259. The van der Waals surface area contributed by atoms with Gasteiger partial charge in [0.1, 0.15) is 5.69 Å². The van der Waals surface area contributed by atoms with E-state index >= 15 is 0 Å². The molecule has 1 saturated heterocycles. The second kappa shape index (κ2) is 9.54. The summed E-state index contributed by atoms with van der Waals surface area (Å²) in [4.78, 5) is 16.4. The summed E-state index contributed by atoms with van der Waals surface area (Å²) < 4.78 is 5.69. The van der Waals surface area contributed by atoms with Gasteiger partial charge in [-0.15, -0.1) is 11.3 Å². The van der Waals surface area contributed by atoms with Crippen LogP contribution in [0.2, 0.25) is 0 Å². The summed E-state index contributed by atoms with van der Waals surface area (Å²) >= 11 is 1.62. The van der Waals surface area contributed by atoms with Crippen molar-refractivity contribution in [3.63, 3.8) is 0 Å². The summed E-state index contributed by atoms with van der Waals surface area (Å²) in [6.45, 7) is 2.99. The smallest absolute Gasteiger partial charge is 0.251 e. The lowest BCUT2D eigenvalue weighted by molar-refractivity contribution is -0.0672. The average molecular weight is 474 g/mol. The van der Waals surface area contributed by atoms with Crippen molar-refractivity contribution < 1.29 is 14.4 Å². The molecule has 2 N–H and O–H groups in total. The van der Waals surface area contributed by atoms with Crippen LogP contribution in [0.3, 0.4) is 0 Å². The summed E-state index contributed by atoms with van der Waals surface area (Å²) in [6, 6.07) is 24.4. The first kappa shape index (κ1) is 22.5. The maximum atomic E-state index is 13.1. The largest absolute Gasteiger partial charge is 0.388 e. The third-order valence-electron chi connectivity index (χ3n) is 6.43. The molecule has 0 radical (unpaired) electrons. The van der Waals surface area contributed by atoms with Gasteiger partial charge in [-0.2, -0.15) is 0 Å². The van der Waals surface area contributed by atoms with Crippen LogP contribution in [0.5, 0.6) is 0 Å². The number of aliphatic hydroxyl groups is 1. The first-order valence-electron chi connectivity index (χ1n) is 11.4. The Morgan fingerprint density at radius 1 is 1.15 bits per heavy atom. The molecule has 5 rings (SSSR count). The zero-order chi connectivity index (χ0) is 23.5. The van der Waals surface area contributed by atoms with E-state index in [2.05, 4.69) is 21.4 Å². The number of carbonyl (C=O) groups excluding carboxylic acids is 1. The molecule has 1 fully saturated rings. The number of thiophene rings is 1. The second-order valence-electron chi connectivity index (χ2n) is 8.90. The third kappa shape index (κ3) is 4.68. The molecule has 4 aromatic rings. The Morgan fingerprint density at radius 3 is 2.59 bits per heavy atom. The highest BCUT2D eigenvalue weighted by atomic mass is 32.1. The number of benzene rings is 2. The van der Waals surface area contributed by atoms with Gasteiger partial charge < -0.3 is 14.9 Å². The Morgan fingerprint density at radius 2 is 1.88 bits per heavy atom. The van der Waals surface area contributed by atoms with Gasteiger partial charge in [-0.1, -0.05) is 59.8 Å². The van der Waals surface area contributed by atoms with Gasteiger partial charge in [0.2, 0.25) is 0 Å². The molecule has 0 unspecified atom stereocenters. The normalized spacial score (nSPS) is 23.0. The molecular weight excluding hydrogens is 446 g/mol. The molecule has 0 bridgehead atoms. The fourth-order valence-electron chi connectivity index (χ4n) is 4.58. The molecule has 2 aromatic heterocycles. The molecule has 0 spiro atoms. The standard InChI is InChI=1S/C27H27N3O3S/c1-27(32)14-15-30(18-21-17-22(29-33-21)19-9-4-2-5-10-19)24(23-13-8-16-34-23)25(27)28-26(31)20-11-6-3-7-12-20/h2-13,16-17,24-25,32H,14-15,18H2,1H3,(H,28,31)/t24-,25-,27+/m0/s1. The van der Waals surface area contributed by atoms with E-state index in [0.717, 1.165) is 21.9 Å². The first-order valence-corrected chi connectivity index (χ1v) is 12.3. The number of aromatic nitrogens is 1. The Kier molecular flexibility index (Phi) is 6.32. The Balaban J connectivity index is 1.43. The second-order valence-corrected chi connectivity index (χ2v) is 9.88. The molecule has 34 heavy (non-hydrogen) atoms. The summed E-state index contributed by atoms with van der Waals surface area (Å²) in [6.07, 6.45) is 0.522. The number of carbonyl (C=O) groups is 1. The number of nitrogens with zero attached hydrogens (tertiary/aromatic N) is 2. The summed E-state index contributed by atoms with van der Waals surface area (Å²) in [7, 11) is 0. The van der Waals surface area contributed by atoms with E-state index in [9.17, 15) is 9.90 Å². The zero-order valence-electron chi connectivity index (χ0n) is 18.9. The van der Waals surface area contributed by atoms with E-state index < -0.39 is 11.6 Å². The monoisotopic (exact) mass is 473 g/mol. The maximum Gasteiger partial charge on any atom is 0.251 e. The summed E-state index contributed by atoms with van der Waals surface area (Å²) in [5.74, 6) is 0.551. The topological polar surface area (TPSA) is 78.6 Å². The number of amides is 1. The van der Waals surface area contributed by atoms with Crippen LogP contribution < -0.4 is 5.32 Å². The first-order chi connectivity index (χ1) is 16.5. The Hall–Kier alpha value is -3.26. The van der Waals surface area contributed by atoms with Crippen molar-refractivity contribution in [1.82, 2.24) is 15.4 Å². The van der Waals surface area contributed by atoms with E-state index in [1.165, 1.54) is 0 Å². The predicted molar refractivity (Wildman–Crippen MR) is 132 cm³/mol. The molecule has 2 aromatic carbocycles. The molecule has 0 saturated carbocycles. The van der Waals surface area contributed by atoms with Crippen LogP contribution in [0.25, 0.3) is 11.3 Å². The van der Waals surface area contributed by atoms with Gasteiger partial charge in [-0.25, -0.2) is 0 Å². The molecule has 6 nitrogen and oxygen atoms in total. The number of likely N-dealkylation sites (tertiary alicyclic amines) is 1. The van der Waals surface area contributed by atoms with Gasteiger partial charge in [-0.3, -0.25) is 9.69 Å². The molecule has 3 heterocycles. The highest BCUT2D eigenvalue weighted by Gasteiger charge is 2.46.